The zero-order chi connectivity index (χ0) is 78.0. The van der Waals surface area contributed by atoms with Crippen LogP contribution in [0.4, 0.5) is 0 Å². The van der Waals surface area contributed by atoms with Crippen molar-refractivity contribution in [2.45, 2.75) is 0 Å². The van der Waals surface area contributed by atoms with Crippen LogP contribution in [-0.4, -0.2) is 63.7 Å². The van der Waals surface area contributed by atoms with Crippen LogP contribution in [0.15, 0.2) is 409 Å². The van der Waals surface area contributed by atoms with Crippen molar-refractivity contribution in [3.63, 3.8) is 0 Å². The Labute approximate surface area is 681 Å². The summed E-state index contributed by atoms with van der Waals surface area (Å²) in [6.45, 7) is 0. The van der Waals surface area contributed by atoms with Crippen LogP contribution in [0, 0.1) is 0 Å². The van der Waals surface area contributed by atoms with Gasteiger partial charge >= 0.3 is 0 Å². The first kappa shape index (κ1) is 66.8. The van der Waals surface area contributed by atoms with E-state index in [4.69, 9.17) is 33.8 Å². The van der Waals surface area contributed by atoms with Crippen LogP contribution >= 0.6 is 0 Å². The predicted molar refractivity (Wildman–Crippen MR) is 491 cm³/mol. The van der Waals surface area contributed by atoms with Gasteiger partial charge in [0.1, 0.15) is 56.5 Å². The van der Waals surface area contributed by atoms with E-state index in [-0.39, 0.29) is 0 Å². The fourth-order valence-corrected chi connectivity index (χ4v) is 28.8. The smallest absolute Gasteiger partial charge is 0.229 e. The Balaban J connectivity index is 0.709. The minimum Gasteiger partial charge on any atom is -0.456 e. The number of furan rings is 2. The molecular weight excluding hydrogens is 1490 g/mol. The van der Waals surface area contributed by atoms with Gasteiger partial charge in [-0.1, -0.05) is 303 Å². The molecule has 0 saturated heterocycles. The molecule has 9 aromatic heterocycles. The second kappa shape index (κ2) is 25.9. The van der Waals surface area contributed by atoms with Gasteiger partial charge in [0.15, 0.2) is 0 Å². The van der Waals surface area contributed by atoms with Gasteiger partial charge in [-0.05, 0) is 117 Å². The molecule has 0 radical (unpaired) electrons. The Kier molecular flexibility index (Phi) is 14.6. The Morgan fingerprint density at radius 2 is 0.538 bits per heavy atom. The van der Waals surface area contributed by atoms with Gasteiger partial charge in [0, 0.05) is 76.4 Å². The molecule has 0 unspecified atom stereocenters. The third kappa shape index (κ3) is 9.69. The fraction of sp³-hybridized carbons (Fsp3) is 0. The summed E-state index contributed by atoms with van der Waals surface area (Å²) in [7, 11) is -7.45. The van der Waals surface area contributed by atoms with Gasteiger partial charge in [-0.15, -0.1) is 0 Å². The van der Waals surface area contributed by atoms with Crippen molar-refractivity contribution in [3.05, 3.63) is 400 Å². The van der Waals surface area contributed by atoms with Gasteiger partial charge in [0.2, 0.25) is 21.9 Å². The molecule has 556 valence electrons. The van der Waals surface area contributed by atoms with Gasteiger partial charge in [-0.3, -0.25) is 22.7 Å². The first-order chi connectivity index (χ1) is 59.0. The van der Waals surface area contributed by atoms with Crippen molar-refractivity contribution >= 4 is 195 Å². The van der Waals surface area contributed by atoms with Crippen molar-refractivity contribution < 1.29 is 8.83 Å². The third-order valence-electron chi connectivity index (χ3n) is 24.8. The van der Waals surface area contributed by atoms with Gasteiger partial charge in [-0.25, -0.2) is 24.9 Å². The quantitative estimate of drug-likeness (QED) is 0.0834. The molecule has 0 N–H and O–H groups in total. The summed E-state index contributed by atoms with van der Waals surface area (Å²) in [5.74, 6) is 3.66. The second-order valence-electron chi connectivity index (χ2n) is 30.9. The lowest BCUT2D eigenvalue weighted by Gasteiger charge is -2.32. The monoisotopic (exact) mass is 1550 g/mol. The standard InChI is InChI=1S/C105H66N10O2Si2/c1-5-31-69(32-6-1)118(70-33-7-2-8-34-70,95-57-29-45-79-78-44-18-28-56-93(78)116-101(79)95)103-107-97(111-84-48-20-13-39-73(84)74-40-14-21-49-85(74)111)65-98(108-103)113-88-52-24-17-43-77(88)81-63-67(59-61-89(81)113)68-60-62-94-82(64-68)80-46-30-58-96(102(80)117-94)119(71-35-9-3-10-36-71,72-37-11-4-12-38-72)104-109-99(112-86-50-22-15-41-75(86)76-42-16-23-51-87(76)112)66-100(110-104)115-92-55-27-26-54-91(92)114-90-53-25-19-47-83(90)106-105(114)115/h1-66H. The fourth-order valence-electron chi connectivity index (χ4n) is 19.7. The molecule has 12 nitrogen and oxygen atoms in total. The van der Waals surface area contributed by atoms with E-state index in [1.165, 1.54) is 0 Å². The van der Waals surface area contributed by atoms with Crippen molar-refractivity contribution in [1.29, 1.82) is 0 Å². The maximum absolute atomic E-state index is 7.57. The van der Waals surface area contributed by atoms with E-state index in [1.807, 2.05) is 6.07 Å². The SMILES string of the molecule is c1ccc([Si](c2ccccc2)(c2nc(-n3c4ccccc4c4ccccc43)cc(-n3c4ccccc4c4cc(-c5ccc6oc7c([Si](c8ccccc8)(c8ccccc8)c8nc(-n9c%10ccccc%10c%10ccccc%109)cc(-n9c%10ccccc%10n%10c%11ccccc%11nc9%10)n8)cccc7c6c5)ccc43)n2)c2cccc3c2oc2ccccc23)cc1. The highest BCUT2D eigenvalue weighted by molar-refractivity contribution is 7.20. The van der Waals surface area contributed by atoms with Crippen LogP contribution in [0.5, 0.6) is 0 Å². The van der Waals surface area contributed by atoms with Crippen LogP contribution in [0.2, 0.25) is 0 Å². The normalized spacial score (nSPS) is 12.4. The average molecular weight is 1560 g/mol. The number of rotatable bonds is 13. The summed E-state index contributed by atoms with van der Waals surface area (Å²) < 4.78 is 26.3. The van der Waals surface area contributed by atoms with Crippen molar-refractivity contribution in [2.24, 2.45) is 0 Å². The molecule has 25 aromatic rings. The largest absolute Gasteiger partial charge is 0.456 e. The molecule has 0 bridgehead atoms. The lowest BCUT2D eigenvalue weighted by Crippen LogP contribution is -2.76. The maximum atomic E-state index is 7.57. The highest BCUT2D eigenvalue weighted by Crippen LogP contribution is 2.41. The zero-order valence-electron chi connectivity index (χ0n) is 63.9. The second-order valence-corrected chi connectivity index (χ2v) is 38.2. The minimum atomic E-state index is -3.79. The molecule has 0 saturated carbocycles. The highest BCUT2D eigenvalue weighted by Gasteiger charge is 2.50. The van der Waals surface area contributed by atoms with Crippen molar-refractivity contribution in [2.75, 3.05) is 0 Å². The topological polar surface area (TPSA) is 115 Å². The molecule has 0 spiro atoms. The van der Waals surface area contributed by atoms with Gasteiger partial charge < -0.3 is 8.83 Å². The molecule has 0 fully saturated rings. The van der Waals surface area contributed by atoms with E-state index >= 15 is 0 Å². The van der Waals surface area contributed by atoms with E-state index in [9.17, 15) is 0 Å². The summed E-state index contributed by atoms with van der Waals surface area (Å²) in [6.07, 6.45) is 0. The van der Waals surface area contributed by atoms with Gasteiger partial charge in [0.25, 0.3) is 0 Å². The van der Waals surface area contributed by atoms with Gasteiger partial charge in [-0.2, -0.15) is 0 Å². The van der Waals surface area contributed by atoms with Crippen LogP contribution in [0.3, 0.4) is 0 Å². The molecule has 0 aliphatic rings. The molecule has 14 heteroatoms. The molecule has 119 heavy (non-hydrogen) atoms. The Bertz CT molecular complexity index is 8290. The van der Waals surface area contributed by atoms with Crippen molar-refractivity contribution in [1.82, 2.24) is 47.6 Å². The van der Waals surface area contributed by atoms with Crippen LogP contribution in [-0.2, 0) is 0 Å². The minimum absolute atomic E-state index is 0.687. The summed E-state index contributed by atoms with van der Waals surface area (Å²) >= 11 is 0. The zero-order valence-corrected chi connectivity index (χ0v) is 65.9. The molecule has 0 atom stereocenters. The number of imidazole rings is 2. The summed E-state index contributed by atoms with van der Waals surface area (Å²) in [5, 5.41) is 17.3. The van der Waals surface area contributed by atoms with Gasteiger partial charge in [0.05, 0.1) is 55.2 Å². The Morgan fingerprint density at radius 1 is 0.210 bits per heavy atom. The highest BCUT2D eigenvalue weighted by atomic mass is 28.3. The lowest BCUT2D eigenvalue weighted by atomic mass is 10.0. The van der Waals surface area contributed by atoms with E-state index in [0.717, 1.165) is 202 Å². The van der Waals surface area contributed by atoms with Crippen molar-refractivity contribution in [3.8, 4) is 34.4 Å². The molecule has 25 rings (SSSR count). The lowest BCUT2D eigenvalue weighted by molar-refractivity contribution is 0.671. The molecule has 0 aliphatic carbocycles. The number of hydrogen-bond donors (Lipinski definition) is 0. The number of nitrogens with zero attached hydrogens (tertiary/aromatic N) is 10. The summed E-state index contributed by atoms with van der Waals surface area (Å²) in [5.41, 5.74) is 16.8. The average Bonchev–Trinajstić information content (AvgIpc) is 1.68. The number of para-hydroxylation sites is 12. The van der Waals surface area contributed by atoms with Crippen LogP contribution in [0.1, 0.15) is 0 Å². The number of aromatic nitrogens is 10. The van der Waals surface area contributed by atoms with E-state index in [2.05, 4.69) is 417 Å². The number of benzene rings is 16. The maximum Gasteiger partial charge on any atom is 0.229 e. The van der Waals surface area contributed by atoms with E-state index in [1.54, 1.807) is 0 Å². The Morgan fingerprint density at radius 3 is 1.00 bits per heavy atom. The van der Waals surface area contributed by atoms with Crippen LogP contribution < -0.4 is 42.0 Å². The Hall–Kier alpha value is -15.6. The molecule has 9 heterocycles. The third-order valence-corrected chi connectivity index (χ3v) is 33.8. The summed E-state index contributed by atoms with van der Waals surface area (Å²) in [6, 6.07) is 144. The molecule has 16 aromatic carbocycles. The van der Waals surface area contributed by atoms with Crippen LogP contribution in [0.25, 0.3) is 172 Å². The molecule has 0 amide bonds. The first-order valence-corrected chi connectivity index (χ1v) is 44.3. The predicted octanol–water partition coefficient (Wildman–Crippen LogP) is 19.5. The van der Waals surface area contributed by atoms with E-state index in [0.29, 0.717) is 11.3 Å². The first-order valence-electron chi connectivity index (χ1n) is 40.3. The van der Waals surface area contributed by atoms with E-state index < -0.39 is 16.1 Å². The molecule has 0 aliphatic heterocycles. The molecular formula is C105H66N10O2Si2. The summed E-state index contributed by atoms with van der Waals surface area (Å²) in [4.78, 5) is 29.9. The number of fused-ring (bicyclic) bond motifs is 20. The number of hydrogen-bond acceptors (Lipinski definition) is 7.